The SMILES string of the molecule is Cc1cc(N)c(C)c(S(=O)(=O)NCC2CCCO2)c1C. The Hall–Kier alpha value is -1.11. The van der Waals surface area contributed by atoms with Crippen molar-refractivity contribution in [3.63, 3.8) is 0 Å². The number of nitrogens with one attached hydrogen (secondary N) is 1. The Bertz CT molecular complexity index is 579. The van der Waals surface area contributed by atoms with E-state index in [2.05, 4.69) is 4.72 Å². The number of sulfonamides is 1. The number of nitrogen functional groups attached to an aromatic ring is 1. The minimum Gasteiger partial charge on any atom is -0.398 e. The topological polar surface area (TPSA) is 81.4 Å². The number of rotatable bonds is 4. The molecule has 5 nitrogen and oxygen atoms in total. The summed E-state index contributed by atoms with van der Waals surface area (Å²) in [4.78, 5) is 0.299. The zero-order valence-electron chi connectivity index (χ0n) is 12.2. The highest BCUT2D eigenvalue weighted by molar-refractivity contribution is 7.89. The lowest BCUT2D eigenvalue weighted by Gasteiger charge is -2.17. The van der Waals surface area contributed by atoms with Gasteiger partial charge in [-0.2, -0.15) is 0 Å². The Morgan fingerprint density at radius 1 is 1.35 bits per heavy atom. The van der Waals surface area contributed by atoms with Crippen LogP contribution >= 0.6 is 0 Å². The number of benzene rings is 1. The van der Waals surface area contributed by atoms with Crippen molar-refractivity contribution in [3.05, 3.63) is 22.8 Å². The number of hydrogen-bond acceptors (Lipinski definition) is 4. The van der Waals surface area contributed by atoms with Crippen LogP contribution in [-0.2, 0) is 14.8 Å². The zero-order valence-corrected chi connectivity index (χ0v) is 13.0. The molecule has 1 aliphatic heterocycles. The van der Waals surface area contributed by atoms with E-state index in [1.165, 1.54) is 0 Å². The third-order valence-corrected chi connectivity index (χ3v) is 5.57. The summed E-state index contributed by atoms with van der Waals surface area (Å²) in [7, 11) is -3.56. The Labute approximate surface area is 120 Å². The molecule has 1 aliphatic rings. The number of nitrogens with two attached hydrogens (primary N) is 1. The predicted octanol–water partition coefficient (Wildman–Crippen LogP) is 1.65. The van der Waals surface area contributed by atoms with Crippen LogP contribution in [0, 0.1) is 20.8 Å². The fraction of sp³-hybridized carbons (Fsp3) is 0.571. The molecule has 20 heavy (non-hydrogen) atoms. The van der Waals surface area contributed by atoms with Crippen LogP contribution in [0.3, 0.4) is 0 Å². The highest BCUT2D eigenvalue weighted by atomic mass is 32.2. The van der Waals surface area contributed by atoms with Gasteiger partial charge in [-0.1, -0.05) is 0 Å². The number of hydrogen-bond donors (Lipinski definition) is 2. The first-order valence-electron chi connectivity index (χ1n) is 6.80. The van der Waals surface area contributed by atoms with E-state index in [1.807, 2.05) is 19.9 Å². The molecule has 1 aromatic rings. The van der Waals surface area contributed by atoms with Gasteiger partial charge >= 0.3 is 0 Å². The summed E-state index contributed by atoms with van der Waals surface area (Å²) >= 11 is 0. The molecule has 0 amide bonds. The maximum Gasteiger partial charge on any atom is 0.241 e. The van der Waals surface area contributed by atoms with Crippen LogP contribution in [0.15, 0.2) is 11.0 Å². The Morgan fingerprint density at radius 3 is 2.65 bits per heavy atom. The van der Waals surface area contributed by atoms with Gasteiger partial charge in [0.2, 0.25) is 10.0 Å². The van der Waals surface area contributed by atoms with Crippen molar-refractivity contribution in [1.82, 2.24) is 4.72 Å². The Balaban J connectivity index is 2.29. The van der Waals surface area contributed by atoms with E-state index >= 15 is 0 Å². The second-order valence-electron chi connectivity index (χ2n) is 5.35. The summed E-state index contributed by atoms with van der Waals surface area (Å²) in [6.45, 7) is 6.44. The van der Waals surface area contributed by atoms with Gasteiger partial charge in [0, 0.05) is 18.8 Å². The molecule has 6 heteroatoms. The smallest absolute Gasteiger partial charge is 0.241 e. The normalized spacial score (nSPS) is 19.4. The van der Waals surface area contributed by atoms with E-state index in [0.29, 0.717) is 29.3 Å². The molecule has 0 aliphatic carbocycles. The van der Waals surface area contributed by atoms with Crippen LogP contribution in [0.5, 0.6) is 0 Å². The van der Waals surface area contributed by atoms with Crippen molar-refractivity contribution < 1.29 is 13.2 Å². The lowest BCUT2D eigenvalue weighted by Crippen LogP contribution is -2.32. The molecule has 1 unspecified atom stereocenters. The molecule has 0 saturated carbocycles. The number of aryl methyl sites for hydroxylation is 1. The second kappa shape index (κ2) is 5.71. The van der Waals surface area contributed by atoms with E-state index < -0.39 is 10.0 Å². The van der Waals surface area contributed by atoms with Crippen LogP contribution in [0.4, 0.5) is 5.69 Å². The van der Waals surface area contributed by atoms with Crippen molar-refractivity contribution in [1.29, 1.82) is 0 Å². The third kappa shape index (κ3) is 2.97. The van der Waals surface area contributed by atoms with Gasteiger partial charge in [0.25, 0.3) is 0 Å². The van der Waals surface area contributed by atoms with Crippen molar-refractivity contribution in [2.45, 2.75) is 44.6 Å². The van der Waals surface area contributed by atoms with E-state index in [1.54, 1.807) is 6.92 Å². The summed E-state index contributed by atoms with van der Waals surface area (Å²) in [6.07, 6.45) is 1.87. The quantitative estimate of drug-likeness (QED) is 0.828. The zero-order chi connectivity index (χ0) is 14.9. The molecule has 0 radical (unpaired) electrons. The largest absolute Gasteiger partial charge is 0.398 e. The lowest BCUT2D eigenvalue weighted by molar-refractivity contribution is 0.114. The summed E-state index contributed by atoms with van der Waals surface area (Å²) < 4.78 is 33.1. The van der Waals surface area contributed by atoms with E-state index in [4.69, 9.17) is 10.5 Å². The fourth-order valence-corrected chi connectivity index (χ4v) is 4.16. The highest BCUT2D eigenvalue weighted by Gasteiger charge is 2.24. The Morgan fingerprint density at radius 2 is 2.05 bits per heavy atom. The molecule has 1 atom stereocenters. The lowest BCUT2D eigenvalue weighted by atomic mass is 10.1. The molecule has 0 aromatic heterocycles. The maximum absolute atomic E-state index is 12.5. The molecule has 1 fully saturated rings. The molecule has 2 rings (SSSR count). The Kier molecular flexibility index (Phi) is 4.36. The molecule has 0 spiro atoms. The molecule has 1 aromatic carbocycles. The highest BCUT2D eigenvalue weighted by Crippen LogP contribution is 2.27. The molecular weight excluding hydrogens is 276 g/mol. The summed E-state index contributed by atoms with van der Waals surface area (Å²) in [6, 6.07) is 1.81. The van der Waals surface area contributed by atoms with Crippen LogP contribution in [0.1, 0.15) is 29.5 Å². The van der Waals surface area contributed by atoms with Crippen molar-refractivity contribution >= 4 is 15.7 Å². The molecule has 0 bridgehead atoms. The second-order valence-corrected chi connectivity index (χ2v) is 7.05. The monoisotopic (exact) mass is 298 g/mol. The minimum absolute atomic E-state index is 0.0208. The first-order valence-corrected chi connectivity index (χ1v) is 8.29. The van der Waals surface area contributed by atoms with Gasteiger partial charge in [-0.25, -0.2) is 13.1 Å². The first-order chi connectivity index (χ1) is 9.33. The van der Waals surface area contributed by atoms with Crippen molar-refractivity contribution in [2.24, 2.45) is 0 Å². The van der Waals surface area contributed by atoms with E-state index in [0.717, 1.165) is 24.0 Å². The fourth-order valence-electron chi connectivity index (χ4n) is 2.52. The number of anilines is 1. The predicted molar refractivity (Wildman–Crippen MR) is 79.2 cm³/mol. The van der Waals surface area contributed by atoms with Crippen LogP contribution in [0.2, 0.25) is 0 Å². The van der Waals surface area contributed by atoms with Crippen molar-refractivity contribution in [3.8, 4) is 0 Å². The average molecular weight is 298 g/mol. The van der Waals surface area contributed by atoms with E-state index in [-0.39, 0.29) is 6.10 Å². The van der Waals surface area contributed by atoms with E-state index in [9.17, 15) is 8.42 Å². The average Bonchev–Trinajstić information content (AvgIpc) is 2.87. The minimum atomic E-state index is -3.56. The maximum atomic E-state index is 12.5. The summed E-state index contributed by atoms with van der Waals surface area (Å²) in [5.41, 5.74) is 8.63. The molecule has 112 valence electrons. The summed E-state index contributed by atoms with van der Waals surface area (Å²) in [5, 5.41) is 0. The van der Waals surface area contributed by atoms with Gasteiger partial charge in [-0.15, -0.1) is 0 Å². The molecular formula is C14H22N2O3S. The third-order valence-electron chi connectivity index (χ3n) is 3.87. The van der Waals surface area contributed by atoms with Crippen molar-refractivity contribution in [2.75, 3.05) is 18.9 Å². The first kappa shape index (κ1) is 15.3. The van der Waals surface area contributed by atoms with Gasteiger partial charge in [0.05, 0.1) is 11.0 Å². The molecule has 3 N–H and O–H groups in total. The van der Waals surface area contributed by atoms with Gasteiger partial charge < -0.3 is 10.5 Å². The summed E-state index contributed by atoms with van der Waals surface area (Å²) in [5.74, 6) is 0. The molecule has 1 heterocycles. The van der Waals surface area contributed by atoms with Gasteiger partial charge in [-0.05, 0) is 56.4 Å². The van der Waals surface area contributed by atoms with Gasteiger partial charge in [0.15, 0.2) is 0 Å². The van der Waals surface area contributed by atoms with Gasteiger partial charge in [0.1, 0.15) is 0 Å². The standard InChI is InChI=1S/C14H22N2O3S/c1-9-7-13(15)11(3)14(10(9)2)20(17,18)16-8-12-5-4-6-19-12/h7,12,16H,4-6,8,15H2,1-3H3. The van der Waals surface area contributed by atoms with Crippen LogP contribution in [0.25, 0.3) is 0 Å². The number of ether oxygens (including phenoxy) is 1. The van der Waals surface area contributed by atoms with Gasteiger partial charge in [-0.3, -0.25) is 0 Å². The van der Waals surface area contributed by atoms with Crippen LogP contribution < -0.4 is 10.5 Å². The molecule has 1 saturated heterocycles. The van der Waals surface area contributed by atoms with Crippen LogP contribution in [-0.4, -0.2) is 27.7 Å².